The molecular weight excluding hydrogens is 237 g/mol. The number of benzene rings is 1. The summed E-state index contributed by atoms with van der Waals surface area (Å²) >= 11 is 3.11. The third-order valence-electron chi connectivity index (χ3n) is 1.91. The van der Waals surface area contributed by atoms with Gasteiger partial charge in [-0.2, -0.15) is 0 Å². The second kappa shape index (κ2) is 4.07. The summed E-state index contributed by atoms with van der Waals surface area (Å²) in [4.78, 5) is 0. The van der Waals surface area contributed by atoms with Crippen LogP contribution >= 0.6 is 15.9 Å². The van der Waals surface area contributed by atoms with Crippen LogP contribution in [0.5, 0.6) is 5.75 Å². The maximum absolute atomic E-state index is 13.2. The van der Waals surface area contributed by atoms with Crippen LogP contribution in [0.25, 0.3) is 0 Å². The second-order valence-corrected chi connectivity index (χ2v) is 3.69. The van der Waals surface area contributed by atoms with Gasteiger partial charge in [-0.25, -0.2) is 4.39 Å². The summed E-state index contributed by atoms with van der Waals surface area (Å²) in [5.74, 6) is -0.570. The van der Waals surface area contributed by atoms with Crippen LogP contribution in [0.3, 0.4) is 0 Å². The Balaban J connectivity index is 3.15. The molecule has 0 aliphatic carbocycles. The topological polar surface area (TPSA) is 46.2 Å². The highest BCUT2D eigenvalue weighted by molar-refractivity contribution is 9.10. The summed E-state index contributed by atoms with van der Waals surface area (Å²) in [6.45, 7) is 1.88. The highest BCUT2D eigenvalue weighted by Gasteiger charge is 2.12. The van der Waals surface area contributed by atoms with E-state index in [0.717, 1.165) is 6.07 Å². The summed E-state index contributed by atoms with van der Waals surface area (Å²) < 4.78 is 13.7. The van der Waals surface area contributed by atoms with Crippen LogP contribution < -0.4 is 5.73 Å². The predicted octanol–water partition coefficient (Wildman–Crippen LogP) is 2.70. The largest absolute Gasteiger partial charge is 0.507 e. The van der Waals surface area contributed by atoms with E-state index in [1.54, 1.807) is 0 Å². The van der Waals surface area contributed by atoms with Gasteiger partial charge in [0, 0.05) is 17.7 Å². The van der Waals surface area contributed by atoms with Crippen LogP contribution in [0.2, 0.25) is 0 Å². The standard InChI is InChI=1S/C9H11BrFNO/c1-2-8(12)5-3-6(10)9(13)4-7(5)11/h3-4,8,13H,2,12H2,1H3. The molecule has 0 radical (unpaired) electrons. The van der Waals surface area contributed by atoms with Crippen LogP contribution in [0.4, 0.5) is 4.39 Å². The molecule has 0 heterocycles. The van der Waals surface area contributed by atoms with E-state index >= 15 is 0 Å². The van der Waals surface area contributed by atoms with E-state index in [1.165, 1.54) is 6.07 Å². The lowest BCUT2D eigenvalue weighted by Gasteiger charge is -2.11. The first-order valence-corrected chi connectivity index (χ1v) is 4.79. The van der Waals surface area contributed by atoms with Gasteiger partial charge >= 0.3 is 0 Å². The van der Waals surface area contributed by atoms with Crippen molar-refractivity contribution < 1.29 is 9.50 Å². The van der Waals surface area contributed by atoms with Crippen LogP contribution in [-0.2, 0) is 0 Å². The number of hydrogen-bond acceptors (Lipinski definition) is 2. The average molecular weight is 248 g/mol. The summed E-state index contributed by atoms with van der Waals surface area (Å²) in [6, 6.07) is 2.25. The zero-order chi connectivity index (χ0) is 10.0. The second-order valence-electron chi connectivity index (χ2n) is 2.84. The molecule has 72 valence electrons. The van der Waals surface area contributed by atoms with Crippen LogP contribution in [0, 0.1) is 5.82 Å². The summed E-state index contributed by atoms with van der Waals surface area (Å²) in [6.07, 6.45) is 0.661. The average Bonchev–Trinajstić information content (AvgIpc) is 2.10. The lowest BCUT2D eigenvalue weighted by atomic mass is 10.0. The summed E-state index contributed by atoms with van der Waals surface area (Å²) in [7, 11) is 0. The molecule has 2 nitrogen and oxygen atoms in total. The van der Waals surface area contributed by atoms with Gasteiger partial charge in [-0.1, -0.05) is 6.92 Å². The molecule has 13 heavy (non-hydrogen) atoms. The molecule has 0 amide bonds. The van der Waals surface area contributed by atoms with E-state index in [2.05, 4.69) is 15.9 Å². The molecule has 1 atom stereocenters. The van der Waals surface area contributed by atoms with Gasteiger partial charge in [-0.15, -0.1) is 0 Å². The third kappa shape index (κ3) is 2.19. The molecule has 0 aliphatic rings. The van der Waals surface area contributed by atoms with Crippen molar-refractivity contribution >= 4 is 15.9 Å². The number of phenolic OH excluding ortho intramolecular Hbond substituents is 1. The molecule has 0 fully saturated rings. The minimum Gasteiger partial charge on any atom is -0.507 e. The number of hydrogen-bond donors (Lipinski definition) is 2. The zero-order valence-corrected chi connectivity index (χ0v) is 8.81. The summed E-state index contributed by atoms with van der Waals surface area (Å²) in [5, 5.41) is 9.15. The first-order chi connectivity index (χ1) is 6.06. The first-order valence-electron chi connectivity index (χ1n) is 3.99. The van der Waals surface area contributed by atoms with Crippen molar-refractivity contribution in [1.82, 2.24) is 0 Å². The van der Waals surface area contributed by atoms with E-state index in [-0.39, 0.29) is 11.8 Å². The Morgan fingerprint density at radius 3 is 2.77 bits per heavy atom. The number of phenols is 1. The molecule has 0 spiro atoms. The molecule has 1 rings (SSSR count). The Labute approximate surface area is 84.7 Å². The fourth-order valence-corrected chi connectivity index (χ4v) is 1.42. The lowest BCUT2D eigenvalue weighted by Crippen LogP contribution is -2.10. The molecule has 1 aromatic carbocycles. The Morgan fingerprint density at radius 1 is 1.62 bits per heavy atom. The maximum atomic E-state index is 13.2. The van der Waals surface area contributed by atoms with E-state index in [9.17, 15) is 4.39 Å². The fraction of sp³-hybridized carbons (Fsp3) is 0.333. The Hall–Kier alpha value is -0.610. The van der Waals surface area contributed by atoms with Gasteiger partial charge in [0.1, 0.15) is 11.6 Å². The van der Waals surface area contributed by atoms with Gasteiger partial charge in [0.2, 0.25) is 0 Å². The fourth-order valence-electron chi connectivity index (χ4n) is 1.06. The molecule has 1 aromatic rings. The van der Waals surface area contributed by atoms with Gasteiger partial charge in [0.15, 0.2) is 0 Å². The van der Waals surface area contributed by atoms with E-state index in [0.29, 0.717) is 16.5 Å². The van der Waals surface area contributed by atoms with Crippen molar-refractivity contribution in [2.45, 2.75) is 19.4 Å². The van der Waals surface area contributed by atoms with E-state index in [1.807, 2.05) is 6.92 Å². The molecule has 4 heteroatoms. The number of halogens is 2. The van der Waals surface area contributed by atoms with Crippen molar-refractivity contribution in [1.29, 1.82) is 0 Å². The van der Waals surface area contributed by atoms with Crippen molar-refractivity contribution in [3.8, 4) is 5.75 Å². The third-order valence-corrected chi connectivity index (χ3v) is 2.54. The molecule has 1 unspecified atom stereocenters. The molecule has 3 N–H and O–H groups in total. The quantitative estimate of drug-likeness (QED) is 0.845. The van der Waals surface area contributed by atoms with Gasteiger partial charge < -0.3 is 10.8 Å². The van der Waals surface area contributed by atoms with Gasteiger partial charge in [0.05, 0.1) is 4.47 Å². The highest BCUT2D eigenvalue weighted by Crippen LogP contribution is 2.29. The molecule has 0 aliphatic heterocycles. The maximum Gasteiger partial charge on any atom is 0.132 e. The highest BCUT2D eigenvalue weighted by atomic mass is 79.9. The Morgan fingerprint density at radius 2 is 2.23 bits per heavy atom. The van der Waals surface area contributed by atoms with Crippen molar-refractivity contribution in [3.63, 3.8) is 0 Å². The SMILES string of the molecule is CCC(N)c1cc(Br)c(O)cc1F. The van der Waals surface area contributed by atoms with Crippen LogP contribution in [0.15, 0.2) is 16.6 Å². The van der Waals surface area contributed by atoms with Crippen LogP contribution in [0.1, 0.15) is 24.9 Å². The molecular formula is C9H11BrFNO. The van der Waals surface area contributed by atoms with Crippen molar-refractivity contribution in [3.05, 3.63) is 28.0 Å². The van der Waals surface area contributed by atoms with Crippen LogP contribution in [-0.4, -0.2) is 5.11 Å². The van der Waals surface area contributed by atoms with E-state index in [4.69, 9.17) is 10.8 Å². The zero-order valence-electron chi connectivity index (χ0n) is 7.22. The minimum absolute atomic E-state index is 0.107. The Bertz CT molecular complexity index is 317. The van der Waals surface area contributed by atoms with Crippen molar-refractivity contribution in [2.24, 2.45) is 5.73 Å². The number of aromatic hydroxyl groups is 1. The monoisotopic (exact) mass is 247 g/mol. The normalized spacial score (nSPS) is 12.9. The number of nitrogens with two attached hydrogens (primary N) is 1. The lowest BCUT2D eigenvalue weighted by molar-refractivity contribution is 0.462. The van der Waals surface area contributed by atoms with Crippen molar-refractivity contribution in [2.75, 3.05) is 0 Å². The molecule has 0 saturated heterocycles. The number of rotatable bonds is 2. The first kappa shape index (κ1) is 10.5. The smallest absolute Gasteiger partial charge is 0.132 e. The minimum atomic E-state index is -0.463. The molecule has 0 aromatic heterocycles. The summed E-state index contributed by atoms with van der Waals surface area (Å²) in [5.41, 5.74) is 6.09. The van der Waals surface area contributed by atoms with Gasteiger partial charge in [-0.3, -0.25) is 0 Å². The molecule has 0 bridgehead atoms. The van der Waals surface area contributed by atoms with Gasteiger partial charge in [0.25, 0.3) is 0 Å². The van der Waals surface area contributed by atoms with E-state index < -0.39 is 5.82 Å². The predicted molar refractivity (Wildman–Crippen MR) is 53.0 cm³/mol. The van der Waals surface area contributed by atoms with Gasteiger partial charge in [-0.05, 0) is 28.4 Å². The molecule has 0 saturated carbocycles. The Kier molecular flexibility index (Phi) is 3.27.